The number of amides is 1. The molecule has 3 atom stereocenters. The number of halogens is 6. The zero-order chi connectivity index (χ0) is 30.1. The van der Waals surface area contributed by atoms with Crippen LogP contribution in [0.5, 0.6) is 5.88 Å². The van der Waals surface area contributed by atoms with Gasteiger partial charge in [-0.15, -0.1) is 10.2 Å². The molecule has 0 aliphatic carbocycles. The minimum absolute atomic E-state index is 0.000273. The van der Waals surface area contributed by atoms with Crippen LogP contribution < -0.4 is 10.1 Å². The Morgan fingerprint density at radius 3 is 2.45 bits per heavy atom. The van der Waals surface area contributed by atoms with E-state index in [4.69, 9.17) is 13.9 Å². The van der Waals surface area contributed by atoms with Crippen LogP contribution in [0.4, 0.5) is 36.8 Å². The first-order valence-corrected chi connectivity index (χ1v) is 13.0. The Bertz CT molecular complexity index is 1200. The maximum atomic E-state index is 14.1. The highest BCUT2D eigenvalue weighted by Crippen LogP contribution is 2.45. The number of carbonyl (C=O) groups is 1. The first-order valence-electron chi connectivity index (χ1n) is 12.0. The van der Waals surface area contributed by atoms with E-state index in [9.17, 15) is 40.8 Å². The Morgan fingerprint density at radius 1 is 1.20 bits per heavy atom. The Labute approximate surface area is 229 Å². The van der Waals surface area contributed by atoms with Crippen molar-refractivity contribution in [3.8, 4) is 17.5 Å². The number of carbonyl (C=O) groups excluding carboxylic acids is 1. The third-order valence-corrected chi connectivity index (χ3v) is 6.57. The molecule has 40 heavy (non-hydrogen) atoms. The number of alkyl halides is 6. The summed E-state index contributed by atoms with van der Waals surface area (Å²) in [5, 5.41) is 19.5. The molecule has 1 unspecified atom stereocenters. The number of rotatable bonds is 3. The van der Waals surface area contributed by atoms with Crippen molar-refractivity contribution >= 4 is 23.8 Å². The Balaban J connectivity index is 2.26. The number of aromatic nitrogens is 3. The molecule has 3 heterocycles. The standard InChI is InChI=1S/C23H28F6N4O6S/c1-11-12(10-40-36)7-5-6-8-21(35,23(27,28)29)18-33-32-17(38-18)15-14(30-19(34)39-20(2,3)4)9-13(22(24,25)26)16(31-15)37-11/h9,11-12,35-36H,5-8,10H2,1-4H3,(H,30,34)/t11-,12?,21-/m1/s1. The van der Waals surface area contributed by atoms with Crippen LogP contribution in [0, 0.1) is 5.92 Å². The van der Waals surface area contributed by atoms with Crippen molar-refractivity contribution in [1.82, 2.24) is 15.2 Å². The monoisotopic (exact) mass is 602 g/mol. The molecule has 3 rings (SSSR count). The number of ether oxygens (including phenoxy) is 2. The lowest BCUT2D eigenvalue weighted by Gasteiger charge is -2.28. The van der Waals surface area contributed by atoms with E-state index in [0.717, 1.165) is 0 Å². The highest BCUT2D eigenvalue weighted by molar-refractivity contribution is 7.93. The van der Waals surface area contributed by atoms with Gasteiger partial charge in [0.15, 0.2) is 5.69 Å². The lowest BCUT2D eigenvalue weighted by atomic mass is 9.92. The number of hydrogen-bond donors (Lipinski definition) is 3. The maximum absolute atomic E-state index is 14.1. The van der Waals surface area contributed by atoms with E-state index >= 15 is 0 Å². The zero-order valence-corrected chi connectivity index (χ0v) is 22.6. The van der Waals surface area contributed by atoms with E-state index in [2.05, 4.69) is 20.5 Å². The Morgan fingerprint density at radius 2 is 1.88 bits per heavy atom. The molecule has 4 bridgehead atoms. The maximum Gasteiger partial charge on any atom is 0.426 e. The van der Waals surface area contributed by atoms with Gasteiger partial charge in [-0.1, -0.05) is 6.42 Å². The summed E-state index contributed by atoms with van der Waals surface area (Å²) >= 11 is 0.398. The molecular formula is C23H28F6N4O6S. The summed E-state index contributed by atoms with van der Waals surface area (Å²) in [5.74, 6) is -3.66. The average molecular weight is 603 g/mol. The van der Waals surface area contributed by atoms with Gasteiger partial charge in [0.25, 0.3) is 11.8 Å². The van der Waals surface area contributed by atoms with E-state index in [1.54, 1.807) is 0 Å². The second-order valence-corrected chi connectivity index (χ2v) is 10.8. The van der Waals surface area contributed by atoms with Crippen LogP contribution in [0.15, 0.2) is 10.5 Å². The molecule has 224 valence electrons. The van der Waals surface area contributed by atoms with Crippen LogP contribution in [-0.4, -0.2) is 54.6 Å². The van der Waals surface area contributed by atoms with E-state index in [-0.39, 0.29) is 25.0 Å². The number of nitrogens with one attached hydrogen (secondary N) is 1. The average Bonchev–Trinajstić information content (AvgIpc) is 3.28. The van der Waals surface area contributed by atoms with Crippen molar-refractivity contribution in [2.45, 2.75) is 83.0 Å². The fourth-order valence-corrected chi connectivity index (χ4v) is 4.56. The quantitative estimate of drug-likeness (QED) is 0.267. The van der Waals surface area contributed by atoms with Crippen LogP contribution in [0.2, 0.25) is 0 Å². The van der Waals surface area contributed by atoms with Gasteiger partial charge in [-0.2, -0.15) is 26.3 Å². The largest absolute Gasteiger partial charge is 0.474 e. The summed E-state index contributed by atoms with van der Waals surface area (Å²) in [4.78, 5) is 16.3. The third kappa shape index (κ3) is 7.28. The fraction of sp³-hybridized carbons (Fsp3) is 0.652. The van der Waals surface area contributed by atoms with E-state index < -0.39 is 82.7 Å². The van der Waals surface area contributed by atoms with Gasteiger partial charge >= 0.3 is 18.4 Å². The molecule has 2 aromatic heterocycles. The lowest BCUT2D eigenvalue weighted by Crippen LogP contribution is -2.42. The second-order valence-electron chi connectivity index (χ2n) is 10.3. The van der Waals surface area contributed by atoms with E-state index in [1.807, 2.05) is 0 Å². The van der Waals surface area contributed by atoms with Crippen LogP contribution in [0.25, 0.3) is 11.6 Å². The molecule has 0 aromatic carbocycles. The van der Waals surface area contributed by atoms with Crippen molar-refractivity contribution in [3.63, 3.8) is 0 Å². The predicted molar refractivity (Wildman–Crippen MR) is 129 cm³/mol. The number of fused-ring (bicyclic) bond motifs is 5. The van der Waals surface area contributed by atoms with Crippen molar-refractivity contribution in [2.24, 2.45) is 5.92 Å². The van der Waals surface area contributed by atoms with Crippen molar-refractivity contribution in [2.75, 3.05) is 11.1 Å². The molecule has 17 heteroatoms. The minimum Gasteiger partial charge on any atom is -0.474 e. The Hall–Kier alpha value is -2.79. The summed E-state index contributed by atoms with van der Waals surface area (Å²) < 4.78 is 109. The first kappa shape index (κ1) is 31.7. The first-order chi connectivity index (χ1) is 18.4. The van der Waals surface area contributed by atoms with Crippen LogP contribution in [0.1, 0.15) is 64.8 Å². The normalized spacial score (nSPS) is 22.7. The smallest absolute Gasteiger partial charge is 0.426 e. The highest BCUT2D eigenvalue weighted by atomic mass is 32.2. The molecule has 0 saturated carbocycles. The van der Waals surface area contributed by atoms with Gasteiger partial charge in [0.05, 0.1) is 5.69 Å². The summed E-state index contributed by atoms with van der Waals surface area (Å²) in [7, 11) is 0. The topological polar surface area (TPSA) is 140 Å². The number of pyridine rings is 1. The Kier molecular flexibility index (Phi) is 9.20. The van der Waals surface area contributed by atoms with Crippen molar-refractivity contribution in [1.29, 1.82) is 0 Å². The molecule has 1 aliphatic rings. The van der Waals surface area contributed by atoms with Crippen LogP contribution >= 0.6 is 12.0 Å². The molecule has 3 N–H and O–H groups in total. The molecule has 2 aromatic rings. The highest BCUT2D eigenvalue weighted by Gasteiger charge is 2.58. The third-order valence-electron chi connectivity index (χ3n) is 5.99. The van der Waals surface area contributed by atoms with Gasteiger partial charge < -0.3 is 23.6 Å². The second kappa shape index (κ2) is 11.6. The molecule has 10 nitrogen and oxygen atoms in total. The van der Waals surface area contributed by atoms with Crippen LogP contribution in [-0.2, 0) is 16.5 Å². The van der Waals surface area contributed by atoms with E-state index in [1.165, 1.54) is 27.7 Å². The summed E-state index contributed by atoms with van der Waals surface area (Å²) in [6.07, 6.45) is -13.3. The molecule has 0 saturated heterocycles. The number of hydrogen-bond acceptors (Lipinski definition) is 10. The van der Waals surface area contributed by atoms with Crippen molar-refractivity contribution in [3.05, 3.63) is 17.5 Å². The fourth-order valence-electron chi connectivity index (χ4n) is 3.93. The molecule has 1 amide bonds. The summed E-state index contributed by atoms with van der Waals surface area (Å²) in [5.41, 5.74) is -7.38. The van der Waals surface area contributed by atoms with E-state index in [0.29, 0.717) is 18.1 Å². The number of nitrogens with zero attached hydrogens (tertiary/aromatic N) is 3. The molecular weight excluding hydrogens is 574 g/mol. The van der Waals surface area contributed by atoms with Gasteiger partial charge in [-0.05, 0) is 65.1 Å². The van der Waals surface area contributed by atoms with Crippen LogP contribution in [0.3, 0.4) is 0 Å². The van der Waals surface area contributed by atoms with Gasteiger partial charge in [-0.3, -0.25) is 5.32 Å². The SMILES string of the molecule is C[C@H]1Oc2nc(c(NC(=O)OC(C)(C)C)cc2C(F)(F)F)-c2nnc(o2)[C@@](O)(C(F)(F)F)CCCCC1CSO. The number of anilines is 1. The molecule has 1 aliphatic heterocycles. The van der Waals surface area contributed by atoms with Gasteiger partial charge in [-0.25, -0.2) is 9.78 Å². The van der Waals surface area contributed by atoms with Gasteiger partial charge in [0, 0.05) is 11.7 Å². The van der Waals surface area contributed by atoms with Gasteiger partial charge in [0.1, 0.15) is 17.3 Å². The number of aliphatic hydroxyl groups is 1. The molecule has 0 fully saturated rings. The molecule has 0 spiro atoms. The predicted octanol–water partition coefficient (Wildman–Crippen LogP) is 6.41. The van der Waals surface area contributed by atoms with Crippen molar-refractivity contribution < 1.29 is 54.7 Å². The lowest BCUT2D eigenvalue weighted by molar-refractivity contribution is -0.277. The molecule has 0 radical (unpaired) electrons. The van der Waals surface area contributed by atoms with Gasteiger partial charge in [0.2, 0.25) is 11.5 Å². The minimum atomic E-state index is -5.25. The zero-order valence-electron chi connectivity index (χ0n) is 21.8. The summed E-state index contributed by atoms with van der Waals surface area (Å²) in [6.45, 7) is 5.92. The summed E-state index contributed by atoms with van der Waals surface area (Å²) in [6, 6.07) is 0.454.